The average molecular weight is 182 g/mol. The lowest BCUT2D eigenvalue weighted by Gasteiger charge is -2.01. The number of carbonyl (C=O) groups excluding carboxylic acids is 1. The SMILES string of the molecule is CCC(=O)c1ccc(OCF)cc1. The van der Waals surface area contributed by atoms with Crippen LogP contribution in [0.1, 0.15) is 23.7 Å². The van der Waals surface area contributed by atoms with Crippen molar-refractivity contribution in [3.05, 3.63) is 29.8 Å². The third kappa shape index (κ3) is 2.54. The predicted octanol–water partition coefficient (Wildman–Crippen LogP) is 2.59. The van der Waals surface area contributed by atoms with Gasteiger partial charge < -0.3 is 4.74 Å². The second-order valence-electron chi connectivity index (χ2n) is 2.55. The van der Waals surface area contributed by atoms with Crippen molar-refractivity contribution in [2.45, 2.75) is 13.3 Å². The smallest absolute Gasteiger partial charge is 0.228 e. The quantitative estimate of drug-likeness (QED) is 0.669. The van der Waals surface area contributed by atoms with Gasteiger partial charge in [0.05, 0.1) is 0 Å². The lowest BCUT2D eigenvalue weighted by Crippen LogP contribution is -1.96. The fraction of sp³-hybridized carbons (Fsp3) is 0.300. The number of Topliss-reactive ketones (excluding diaryl/α,β-unsaturated/α-hetero) is 1. The van der Waals surface area contributed by atoms with E-state index in [1.54, 1.807) is 31.2 Å². The zero-order chi connectivity index (χ0) is 9.68. The Labute approximate surface area is 76.3 Å². The molecule has 0 bridgehead atoms. The largest absolute Gasteiger partial charge is 0.463 e. The molecule has 1 rings (SSSR count). The van der Waals surface area contributed by atoms with Crippen LogP contribution in [0.4, 0.5) is 4.39 Å². The summed E-state index contributed by atoms with van der Waals surface area (Å²) in [7, 11) is 0. The Morgan fingerprint density at radius 1 is 1.38 bits per heavy atom. The summed E-state index contributed by atoms with van der Waals surface area (Å²) in [6.45, 7) is 0.954. The third-order valence-electron chi connectivity index (χ3n) is 1.72. The Kier molecular flexibility index (Phi) is 3.43. The first-order valence-corrected chi connectivity index (χ1v) is 4.10. The monoisotopic (exact) mass is 182 g/mol. The Balaban J connectivity index is 2.75. The molecular formula is C10H11FO2. The predicted molar refractivity (Wildman–Crippen MR) is 47.7 cm³/mol. The third-order valence-corrected chi connectivity index (χ3v) is 1.72. The van der Waals surface area contributed by atoms with E-state index in [4.69, 9.17) is 0 Å². The highest BCUT2D eigenvalue weighted by molar-refractivity contribution is 5.95. The fourth-order valence-corrected chi connectivity index (χ4v) is 1.00. The molecule has 70 valence electrons. The van der Waals surface area contributed by atoms with Gasteiger partial charge in [0.15, 0.2) is 5.78 Å². The molecule has 0 amide bonds. The summed E-state index contributed by atoms with van der Waals surface area (Å²) < 4.78 is 16.3. The second kappa shape index (κ2) is 4.60. The van der Waals surface area contributed by atoms with E-state index < -0.39 is 6.86 Å². The summed E-state index contributed by atoms with van der Waals surface area (Å²) in [5.41, 5.74) is 0.633. The molecule has 0 saturated heterocycles. The summed E-state index contributed by atoms with van der Waals surface area (Å²) >= 11 is 0. The maximum atomic E-state index is 11.7. The van der Waals surface area contributed by atoms with Crippen molar-refractivity contribution in [1.29, 1.82) is 0 Å². The van der Waals surface area contributed by atoms with Crippen LogP contribution in [0.2, 0.25) is 0 Å². The molecule has 2 nitrogen and oxygen atoms in total. The molecule has 0 fully saturated rings. The van der Waals surface area contributed by atoms with Crippen LogP contribution >= 0.6 is 0 Å². The van der Waals surface area contributed by atoms with Crippen LogP contribution in [-0.4, -0.2) is 12.6 Å². The first kappa shape index (κ1) is 9.71. The summed E-state index contributed by atoms with van der Waals surface area (Å²) in [6.07, 6.45) is 0.476. The van der Waals surface area contributed by atoms with Gasteiger partial charge in [-0.25, -0.2) is 4.39 Å². The van der Waals surface area contributed by atoms with E-state index in [2.05, 4.69) is 4.74 Å². The first-order valence-electron chi connectivity index (χ1n) is 4.10. The van der Waals surface area contributed by atoms with E-state index in [1.807, 2.05) is 0 Å². The van der Waals surface area contributed by atoms with Crippen molar-refractivity contribution in [2.75, 3.05) is 6.86 Å². The van der Waals surface area contributed by atoms with Gasteiger partial charge in [-0.15, -0.1) is 0 Å². The molecule has 0 heterocycles. The van der Waals surface area contributed by atoms with Gasteiger partial charge in [-0.2, -0.15) is 0 Å². The molecule has 0 aliphatic carbocycles. The van der Waals surface area contributed by atoms with Crippen molar-refractivity contribution in [3.63, 3.8) is 0 Å². The Morgan fingerprint density at radius 2 is 2.00 bits per heavy atom. The molecule has 3 heteroatoms. The van der Waals surface area contributed by atoms with E-state index >= 15 is 0 Å². The standard InChI is InChI=1S/C10H11FO2/c1-2-10(12)8-3-5-9(6-4-8)13-7-11/h3-6H,2,7H2,1H3. The number of hydrogen-bond acceptors (Lipinski definition) is 2. The first-order chi connectivity index (χ1) is 6.27. The van der Waals surface area contributed by atoms with Crippen molar-refractivity contribution in [2.24, 2.45) is 0 Å². The number of ketones is 1. The minimum Gasteiger partial charge on any atom is -0.463 e. The van der Waals surface area contributed by atoms with Gasteiger partial charge in [-0.3, -0.25) is 4.79 Å². The van der Waals surface area contributed by atoms with Gasteiger partial charge in [0.1, 0.15) is 5.75 Å². The highest BCUT2D eigenvalue weighted by atomic mass is 19.1. The molecule has 13 heavy (non-hydrogen) atoms. The average Bonchev–Trinajstić information content (AvgIpc) is 2.18. The number of carbonyl (C=O) groups is 1. The van der Waals surface area contributed by atoms with Crippen LogP contribution in [0.15, 0.2) is 24.3 Å². The van der Waals surface area contributed by atoms with Gasteiger partial charge in [0.25, 0.3) is 0 Å². The molecule has 0 atom stereocenters. The molecule has 0 saturated carbocycles. The van der Waals surface area contributed by atoms with E-state index in [-0.39, 0.29) is 5.78 Å². The lowest BCUT2D eigenvalue weighted by atomic mass is 10.1. The summed E-state index contributed by atoms with van der Waals surface area (Å²) in [5, 5.41) is 0. The number of rotatable bonds is 4. The van der Waals surface area contributed by atoms with E-state index in [0.29, 0.717) is 17.7 Å². The molecule has 1 aromatic rings. The Bertz CT molecular complexity index is 279. The molecule has 0 aliphatic rings. The Morgan fingerprint density at radius 3 is 2.46 bits per heavy atom. The number of hydrogen-bond donors (Lipinski definition) is 0. The minimum absolute atomic E-state index is 0.0757. The topological polar surface area (TPSA) is 26.3 Å². The molecule has 0 N–H and O–H groups in total. The summed E-state index contributed by atoms with van der Waals surface area (Å²) in [5.74, 6) is 0.516. The highest BCUT2D eigenvalue weighted by Crippen LogP contribution is 2.13. The molecule has 0 unspecified atom stereocenters. The van der Waals surface area contributed by atoms with Crippen molar-refractivity contribution >= 4 is 5.78 Å². The van der Waals surface area contributed by atoms with Crippen molar-refractivity contribution < 1.29 is 13.9 Å². The normalized spacial score (nSPS) is 9.69. The van der Waals surface area contributed by atoms with Crippen LogP contribution in [0, 0.1) is 0 Å². The van der Waals surface area contributed by atoms with Gasteiger partial charge in [-0.1, -0.05) is 6.92 Å². The van der Waals surface area contributed by atoms with Crippen LogP contribution in [-0.2, 0) is 0 Å². The van der Waals surface area contributed by atoms with E-state index in [1.165, 1.54) is 0 Å². The molecule has 1 aromatic carbocycles. The van der Waals surface area contributed by atoms with E-state index in [0.717, 1.165) is 0 Å². The molecule has 0 radical (unpaired) electrons. The zero-order valence-corrected chi connectivity index (χ0v) is 7.42. The lowest BCUT2D eigenvalue weighted by molar-refractivity contribution is 0.0988. The zero-order valence-electron chi connectivity index (χ0n) is 7.42. The number of halogens is 1. The van der Waals surface area contributed by atoms with E-state index in [9.17, 15) is 9.18 Å². The Hall–Kier alpha value is -1.38. The van der Waals surface area contributed by atoms with Crippen LogP contribution in [0.25, 0.3) is 0 Å². The second-order valence-corrected chi connectivity index (χ2v) is 2.55. The van der Waals surface area contributed by atoms with Crippen molar-refractivity contribution in [3.8, 4) is 5.75 Å². The minimum atomic E-state index is -0.846. The van der Waals surface area contributed by atoms with Gasteiger partial charge in [0.2, 0.25) is 6.86 Å². The molecular weight excluding hydrogens is 171 g/mol. The molecule has 0 aromatic heterocycles. The fourth-order valence-electron chi connectivity index (χ4n) is 1.00. The van der Waals surface area contributed by atoms with Crippen LogP contribution in [0.3, 0.4) is 0 Å². The molecule has 0 spiro atoms. The van der Waals surface area contributed by atoms with Crippen LogP contribution in [0.5, 0.6) is 5.75 Å². The number of benzene rings is 1. The van der Waals surface area contributed by atoms with Crippen molar-refractivity contribution in [1.82, 2.24) is 0 Å². The van der Waals surface area contributed by atoms with Gasteiger partial charge in [-0.05, 0) is 24.3 Å². The summed E-state index contributed by atoms with van der Waals surface area (Å²) in [6, 6.07) is 6.44. The number of ether oxygens (including phenoxy) is 1. The number of alkyl halides is 1. The highest BCUT2D eigenvalue weighted by Gasteiger charge is 2.02. The maximum Gasteiger partial charge on any atom is 0.228 e. The van der Waals surface area contributed by atoms with Gasteiger partial charge >= 0.3 is 0 Å². The maximum absolute atomic E-state index is 11.7. The molecule has 0 aliphatic heterocycles. The summed E-state index contributed by atoms with van der Waals surface area (Å²) in [4.78, 5) is 11.2. The van der Waals surface area contributed by atoms with Crippen LogP contribution < -0.4 is 4.74 Å². The van der Waals surface area contributed by atoms with Gasteiger partial charge in [0, 0.05) is 12.0 Å².